The van der Waals surface area contributed by atoms with Crippen LogP contribution in [0.25, 0.3) is 0 Å². The van der Waals surface area contributed by atoms with Crippen LogP contribution in [0.2, 0.25) is 0 Å². The van der Waals surface area contributed by atoms with Gasteiger partial charge in [-0.05, 0) is 24.6 Å². The molecule has 0 aliphatic carbocycles. The van der Waals surface area contributed by atoms with Crippen molar-refractivity contribution in [2.24, 2.45) is 0 Å². The van der Waals surface area contributed by atoms with Crippen LogP contribution in [0.4, 0.5) is 5.82 Å². The van der Waals surface area contributed by atoms with Crippen molar-refractivity contribution in [1.82, 2.24) is 9.97 Å². The minimum absolute atomic E-state index is 0.194. The summed E-state index contributed by atoms with van der Waals surface area (Å²) in [4.78, 5) is 8.22. The minimum atomic E-state index is -3.28. The van der Waals surface area contributed by atoms with Crippen LogP contribution in [0.15, 0.2) is 35.5 Å². The van der Waals surface area contributed by atoms with Gasteiger partial charge in [0.05, 0.1) is 10.5 Å². The molecule has 0 bridgehead atoms. The Hall–Kier alpha value is -2.15. The van der Waals surface area contributed by atoms with Crippen LogP contribution in [0.5, 0.6) is 11.6 Å². The van der Waals surface area contributed by atoms with Gasteiger partial charge in [0.1, 0.15) is 17.9 Å². The lowest BCUT2D eigenvalue weighted by Crippen LogP contribution is -2.03. The lowest BCUT2D eigenvalue weighted by Gasteiger charge is -2.11. The van der Waals surface area contributed by atoms with Crippen LogP contribution in [0.1, 0.15) is 18.9 Å². The predicted molar refractivity (Wildman–Crippen MR) is 80.1 cm³/mol. The number of nitrogens with two attached hydrogens (primary N) is 1. The smallest absolute Gasteiger partial charge is 0.227 e. The van der Waals surface area contributed by atoms with Crippen molar-refractivity contribution in [2.75, 3.05) is 12.0 Å². The molecule has 1 heterocycles. The minimum Gasteiger partial charge on any atom is -0.439 e. The first-order valence-corrected chi connectivity index (χ1v) is 8.38. The Morgan fingerprint density at radius 3 is 2.71 bits per heavy atom. The van der Waals surface area contributed by atoms with E-state index in [4.69, 9.17) is 10.5 Å². The molecule has 0 unspecified atom stereocenters. The molecule has 1 aromatic heterocycles. The third-order valence-corrected chi connectivity index (χ3v) is 4.00. The van der Waals surface area contributed by atoms with E-state index in [-0.39, 0.29) is 4.90 Å². The first-order valence-electron chi connectivity index (χ1n) is 6.49. The van der Waals surface area contributed by atoms with Gasteiger partial charge >= 0.3 is 0 Å². The van der Waals surface area contributed by atoms with Crippen LogP contribution in [-0.2, 0) is 16.3 Å². The fraction of sp³-hybridized carbons (Fsp3) is 0.286. The Morgan fingerprint density at radius 1 is 1.29 bits per heavy atom. The van der Waals surface area contributed by atoms with Crippen molar-refractivity contribution >= 4 is 15.7 Å². The van der Waals surface area contributed by atoms with Gasteiger partial charge in [-0.15, -0.1) is 0 Å². The standard InChI is InChI=1S/C14H17N3O3S/c1-3-5-12-13(15)16-9-17-14(12)20-10-6-4-7-11(8-10)21(2,18)19/h4,6-9H,3,5H2,1-2H3,(H2,15,16,17). The van der Waals surface area contributed by atoms with Crippen molar-refractivity contribution in [3.05, 3.63) is 36.2 Å². The summed E-state index contributed by atoms with van der Waals surface area (Å²) in [6, 6.07) is 6.27. The van der Waals surface area contributed by atoms with Gasteiger partial charge in [-0.25, -0.2) is 18.4 Å². The maximum Gasteiger partial charge on any atom is 0.227 e. The number of aromatic nitrogens is 2. The Labute approximate surface area is 123 Å². The topological polar surface area (TPSA) is 95.2 Å². The summed E-state index contributed by atoms with van der Waals surface area (Å²) >= 11 is 0. The number of benzene rings is 1. The van der Waals surface area contributed by atoms with Gasteiger partial charge in [-0.3, -0.25) is 0 Å². The Balaban J connectivity index is 2.37. The molecule has 2 N–H and O–H groups in total. The average Bonchev–Trinajstić information content (AvgIpc) is 2.42. The second kappa shape index (κ2) is 6.09. The highest BCUT2D eigenvalue weighted by atomic mass is 32.2. The van der Waals surface area contributed by atoms with E-state index >= 15 is 0 Å². The molecule has 21 heavy (non-hydrogen) atoms. The first-order chi connectivity index (χ1) is 9.91. The average molecular weight is 307 g/mol. The SMILES string of the molecule is CCCc1c(N)ncnc1Oc1cccc(S(C)(=O)=O)c1. The van der Waals surface area contributed by atoms with Crippen molar-refractivity contribution in [3.8, 4) is 11.6 Å². The van der Waals surface area contributed by atoms with Gasteiger partial charge in [0, 0.05) is 6.26 Å². The second-order valence-electron chi connectivity index (χ2n) is 4.64. The van der Waals surface area contributed by atoms with E-state index in [1.807, 2.05) is 6.92 Å². The van der Waals surface area contributed by atoms with Gasteiger partial charge in [0.15, 0.2) is 9.84 Å². The predicted octanol–water partition coefficient (Wildman–Crippen LogP) is 2.21. The van der Waals surface area contributed by atoms with Crippen molar-refractivity contribution in [2.45, 2.75) is 24.7 Å². The zero-order valence-electron chi connectivity index (χ0n) is 11.9. The number of hydrogen-bond acceptors (Lipinski definition) is 6. The fourth-order valence-electron chi connectivity index (χ4n) is 1.86. The molecular formula is C14H17N3O3S. The Kier molecular flexibility index (Phi) is 4.42. The summed E-state index contributed by atoms with van der Waals surface area (Å²) in [5.74, 6) is 1.13. The molecule has 6 nitrogen and oxygen atoms in total. The van der Waals surface area contributed by atoms with E-state index in [1.165, 1.54) is 18.5 Å². The number of ether oxygens (including phenoxy) is 1. The van der Waals surface area contributed by atoms with Crippen LogP contribution in [0, 0.1) is 0 Å². The molecule has 112 valence electrons. The van der Waals surface area contributed by atoms with Gasteiger partial charge < -0.3 is 10.5 Å². The first kappa shape index (κ1) is 15.2. The van der Waals surface area contributed by atoms with Crippen LogP contribution in [-0.4, -0.2) is 24.6 Å². The molecule has 0 atom stereocenters. The van der Waals surface area contributed by atoms with Crippen LogP contribution < -0.4 is 10.5 Å². The Morgan fingerprint density at radius 2 is 2.05 bits per heavy atom. The summed E-state index contributed by atoms with van der Waals surface area (Å²) in [5.41, 5.74) is 6.56. The zero-order chi connectivity index (χ0) is 15.5. The van der Waals surface area contributed by atoms with E-state index in [2.05, 4.69) is 9.97 Å². The molecule has 0 saturated carbocycles. The van der Waals surface area contributed by atoms with Crippen molar-refractivity contribution < 1.29 is 13.2 Å². The molecule has 2 rings (SSSR count). The van der Waals surface area contributed by atoms with E-state index in [0.29, 0.717) is 23.9 Å². The lowest BCUT2D eigenvalue weighted by atomic mass is 10.2. The van der Waals surface area contributed by atoms with E-state index in [9.17, 15) is 8.42 Å². The summed E-state index contributed by atoms with van der Waals surface area (Å²) in [7, 11) is -3.28. The number of nitrogens with zero attached hydrogens (tertiary/aromatic N) is 2. The molecule has 0 amide bonds. The highest BCUT2D eigenvalue weighted by Crippen LogP contribution is 2.28. The summed E-state index contributed by atoms with van der Waals surface area (Å²) < 4.78 is 28.8. The molecule has 2 aromatic rings. The molecular weight excluding hydrogens is 290 g/mol. The van der Waals surface area contributed by atoms with Crippen LogP contribution >= 0.6 is 0 Å². The molecule has 7 heteroatoms. The number of sulfone groups is 1. The normalized spacial score (nSPS) is 11.3. The van der Waals surface area contributed by atoms with E-state index < -0.39 is 9.84 Å². The second-order valence-corrected chi connectivity index (χ2v) is 6.66. The molecule has 0 aliphatic rings. The van der Waals surface area contributed by atoms with E-state index in [1.54, 1.807) is 12.1 Å². The van der Waals surface area contributed by atoms with Crippen molar-refractivity contribution in [3.63, 3.8) is 0 Å². The largest absolute Gasteiger partial charge is 0.439 e. The monoisotopic (exact) mass is 307 g/mol. The highest BCUT2D eigenvalue weighted by molar-refractivity contribution is 7.90. The summed E-state index contributed by atoms with van der Waals surface area (Å²) in [5, 5.41) is 0. The summed E-state index contributed by atoms with van der Waals surface area (Å²) in [6.07, 6.45) is 4.03. The lowest BCUT2D eigenvalue weighted by molar-refractivity contribution is 0.453. The molecule has 1 aromatic carbocycles. The third-order valence-electron chi connectivity index (χ3n) is 2.89. The molecule has 0 aliphatic heterocycles. The maximum absolute atomic E-state index is 11.6. The van der Waals surface area contributed by atoms with Gasteiger partial charge in [0.25, 0.3) is 0 Å². The molecule has 0 spiro atoms. The van der Waals surface area contributed by atoms with Crippen molar-refractivity contribution in [1.29, 1.82) is 0 Å². The molecule has 0 fully saturated rings. The number of rotatable bonds is 5. The number of anilines is 1. The number of nitrogen functional groups attached to an aromatic ring is 1. The molecule has 0 radical (unpaired) electrons. The molecule has 0 saturated heterocycles. The highest BCUT2D eigenvalue weighted by Gasteiger charge is 2.13. The zero-order valence-corrected chi connectivity index (χ0v) is 12.7. The Bertz CT molecular complexity index is 745. The van der Waals surface area contributed by atoms with Crippen LogP contribution in [0.3, 0.4) is 0 Å². The third kappa shape index (κ3) is 3.69. The summed E-state index contributed by atoms with van der Waals surface area (Å²) in [6.45, 7) is 2.01. The maximum atomic E-state index is 11.6. The quantitative estimate of drug-likeness (QED) is 0.910. The van der Waals surface area contributed by atoms with E-state index in [0.717, 1.165) is 18.2 Å². The fourth-order valence-corrected chi connectivity index (χ4v) is 2.52. The van der Waals surface area contributed by atoms with Gasteiger partial charge in [-0.2, -0.15) is 0 Å². The van der Waals surface area contributed by atoms with Gasteiger partial charge in [0.2, 0.25) is 5.88 Å². The number of hydrogen-bond donors (Lipinski definition) is 1. The van der Waals surface area contributed by atoms with Gasteiger partial charge in [-0.1, -0.05) is 19.4 Å².